The summed E-state index contributed by atoms with van der Waals surface area (Å²) < 4.78 is 16.0. The van der Waals surface area contributed by atoms with E-state index in [4.69, 9.17) is 25.5 Å². The molecule has 0 aliphatic rings. The molecular formula is C17H19ClN2O4. The zero-order chi connectivity index (χ0) is 17.5. The molecule has 7 heteroatoms. The van der Waals surface area contributed by atoms with Crippen molar-refractivity contribution in [3.63, 3.8) is 0 Å². The maximum atomic E-state index is 11.9. The number of furan rings is 1. The summed E-state index contributed by atoms with van der Waals surface area (Å²) in [6.07, 6.45) is 3.79. The number of hydrazone groups is 1. The third kappa shape index (κ3) is 4.29. The van der Waals surface area contributed by atoms with Crippen molar-refractivity contribution in [2.45, 2.75) is 20.3 Å². The molecule has 1 aromatic carbocycles. The number of nitrogens with one attached hydrogen (secondary N) is 1. The highest BCUT2D eigenvalue weighted by Gasteiger charge is 2.12. The normalized spacial score (nSPS) is 10.8. The van der Waals surface area contributed by atoms with E-state index in [0.29, 0.717) is 40.0 Å². The molecule has 2 aromatic rings. The van der Waals surface area contributed by atoms with Gasteiger partial charge in [0.05, 0.1) is 36.8 Å². The molecule has 24 heavy (non-hydrogen) atoms. The van der Waals surface area contributed by atoms with Crippen LogP contribution in [0.4, 0.5) is 0 Å². The van der Waals surface area contributed by atoms with Crippen molar-refractivity contribution < 1.29 is 18.7 Å². The highest BCUT2D eigenvalue weighted by atomic mass is 35.5. The number of methoxy groups -OCH3 is 1. The van der Waals surface area contributed by atoms with E-state index in [1.807, 2.05) is 6.92 Å². The van der Waals surface area contributed by atoms with Crippen LogP contribution in [0.3, 0.4) is 0 Å². The quantitative estimate of drug-likeness (QED) is 0.609. The fraction of sp³-hybridized carbons (Fsp3) is 0.294. The van der Waals surface area contributed by atoms with E-state index in [1.165, 1.54) is 19.6 Å². The number of ether oxygens (including phenoxy) is 2. The van der Waals surface area contributed by atoms with Gasteiger partial charge in [0, 0.05) is 0 Å². The maximum Gasteiger partial charge on any atom is 0.274 e. The second kappa shape index (κ2) is 8.40. The molecule has 1 heterocycles. The molecule has 0 saturated carbocycles. The van der Waals surface area contributed by atoms with Gasteiger partial charge in [-0.15, -0.1) is 0 Å². The number of hydrogen-bond donors (Lipinski definition) is 1. The fourth-order valence-electron chi connectivity index (χ4n) is 2.00. The summed E-state index contributed by atoms with van der Waals surface area (Å²) in [7, 11) is 1.54. The molecule has 0 saturated heterocycles. The predicted molar refractivity (Wildman–Crippen MR) is 92.3 cm³/mol. The number of nitrogens with zero attached hydrogens (tertiary/aromatic N) is 1. The number of amides is 1. The fourth-order valence-corrected chi connectivity index (χ4v) is 2.28. The van der Waals surface area contributed by atoms with Gasteiger partial charge in [0.2, 0.25) is 0 Å². The molecule has 0 aliphatic carbocycles. The van der Waals surface area contributed by atoms with Crippen LogP contribution >= 0.6 is 11.6 Å². The average molecular weight is 351 g/mol. The number of carbonyl (C=O) groups is 1. The third-order valence-electron chi connectivity index (χ3n) is 3.19. The second-order valence-electron chi connectivity index (χ2n) is 4.97. The molecule has 128 valence electrons. The Hall–Kier alpha value is -2.47. The highest BCUT2D eigenvalue weighted by Crippen LogP contribution is 2.36. The van der Waals surface area contributed by atoms with E-state index < -0.39 is 0 Å². The van der Waals surface area contributed by atoms with Gasteiger partial charge in [-0.1, -0.05) is 18.5 Å². The van der Waals surface area contributed by atoms with Crippen molar-refractivity contribution in [1.29, 1.82) is 0 Å². The van der Waals surface area contributed by atoms with Crippen LogP contribution in [-0.2, 0) is 0 Å². The smallest absolute Gasteiger partial charge is 0.274 e. The number of carbonyl (C=O) groups excluding carboxylic acids is 1. The van der Waals surface area contributed by atoms with Gasteiger partial charge in [-0.3, -0.25) is 4.79 Å². The van der Waals surface area contributed by atoms with Gasteiger partial charge in [0.25, 0.3) is 5.91 Å². The standard InChI is InChI=1S/C17H19ClN2O4/c1-4-6-24-16-14(18)8-12(9-15(16)22-3)10-19-20-17(21)13-5-7-23-11(13)2/h5,7-10H,4,6H2,1-3H3,(H,20,21)/b19-10-. The molecule has 1 N–H and O–H groups in total. The molecule has 0 atom stereocenters. The Morgan fingerprint density at radius 1 is 1.46 bits per heavy atom. The van der Waals surface area contributed by atoms with Crippen molar-refractivity contribution in [3.8, 4) is 11.5 Å². The zero-order valence-corrected chi connectivity index (χ0v) is 14.5. The van der Waals surface area contributed by atoms with Gasteiger partial charge in [-0.2, -0.15) is 5.10 Å². The molecule has 6 nitrogen and oxygen atoms in total. The maximum absolute atomic E-state index is 11.9. The number of benzene rings is 1. The molecule has 2 rings (SSSR count). The predicted octanol–water partition coefficient (Wildman–Crippen LogP) is 3.80. The summed E-state index contributed by atoms with van der Waals surface area (Å²) in [5.74, 6) is 1.19. The first-order valence-electron chi connectivity index (χ1n) is 7.44. The van der Waals surface area contributed by atoms with Crippen molar-refractivity contribution in [2.24, 2.45) is 5.10 Å². The lowest BCUT2D eigenvalue weighted by atomic mass is 10.2. The number of rotatable bonds is 7. The first-order valence-corrected chi connectivity index (χ1v) is 7.82. The van der Waals surface area contributed by atoms with Crippen LogP contribution in [0.1, 0.15) is 35.0 Å². The molecule has 0 unspecified atom stereocenters. The molecule has 0 radical (unpaired) electrons. The number of halogens is 1. The summed E-state index contributed by atoms with van der Waals surface area (Å²) in [5.41, 5.74) is 3.54. The Morgan fingerprint density at radius 3 is 2.88 bits per heavy atom. The zero-order valence-electron chi connectivity index (χ0n) is 13.8. The lowest BCUT2D eigenvalue weighted by Gasteiger charge is -2.12. The van der Waals surface area contributed by atoms with Crippen LogP contribution in [0.5, 0.6) is 11.5 Å². The minimum atomic E-state index is -0.349. The Bertz CT molecular complexity index is 740. The van der Waals surface area contributed by atoms with Crippen LogP contribution in [0.15, 0.2) is 34.0 Å². The largest absolute Gasteiger partial charge is 0.493 e. The minimum absolute atomic E-state index is 0.349. The molecular weight excluding hydrogens is 332 g/mol. The van der Waals surface area contributed by atoms with Crippen molar-refractivity contribution >= 4 is 23.7 Å². The summed E-state index contributed by atoms with van der Waals surface area (Å²) in [6.45, 7) is 4.26. The van der Waals surface area contributed by atoms with Crippen LogP contribution < -0.4 is 14.9 Å². The van der Waals surface area contributed by atoms with Crippen molar-refractivity contribution in [1.82, 2.24) is 5.43 Å². The second-order valence-corrected chi connectivity index (χ2v) is 5.38. The van der Waals surface area contributed by atoms with Crippen molar-refractivity contribution in [3.05, 3.63) is 46.4 Å². The van der Waals surface area contributed by atoms with Crippen LogP contribution in [0, 0.1) is 6.92 Å². The van der Waals surface area contributed by atoms with E-state index in [9.17, 15) is 4.79 Å². The summed E-state index contributed by atoms with van der Waals surface area (Å²) in [6, 6.07) is 5.00. The Labute approximate surface area is 145 Å². The van der Waals surface area contributed by atoms with Gasteiger partial charge in [0.15, 0.2) is 11.5 Å². The molecule has 0 bridgehead atoms. The van der Waals surface area contributed by atoms with Gasteiger partial charge < -0.3 is 13.9 Å². The van der Waals surface area contributed by atoms with E-state index in [0.717, 1.165) is 6.42 Å². The first-order chi connectivity index (χ1) is 11.6. The van der Waals surface area contributed by atoms with Crippen LogP contribution in [0.25, 0.3) is 0 Å². The lowest BCUT2D eigenvalue weighted by Crippen LogP contribution is -2.17. The summed E-state index contributed by atoms with van der Waals surface area (Å²) in [4.78, 5) is 11.9. The average Bonchev–Trinajstić information content (AvgIpc) is 2.99. The van der Waals surface area contributed by atoms with Gasteiger partial charge in [0.1, 0.15) is 5.76 Å². The Balaban J connectivity index is 2.10. The molecule has 0 fully saturated rings. The SMILES string of the molecule is CCCOc1c(Cl)cc(/C=N\NC(=O)c2ccoc2C)cc1OC. The topological polar surface area (TPSA) is 73.1 Å². The first kappa shape index (κ1) is 17.9. The Morgan fingerprint density at radius 2 is 2.25 bits per heavy atom. The van der Waals surface area contributed by atoms with E-state index in [2.05, 4.69) is 10.5 Å². The molecule has 0 spiro atoms. The van der Waals surface area contributed by atoms with Crippen LogP contribution in [-0.4, -0.2) is 25.8 Å². The monoisotopic (exact) mass is 350 g/mol. The van der Waals surface area contributed by atoms with Gasteiger partial charge in [-0.05, 0) is 37.1 Å². The van der Waals surface area contributed by atoms with E-state index >= 15 is 0 Å². The number of aryl methyl sites for hydroxylation is 1. The molecule has 1 aromatic heterocycles. The van der Waals surface area contributed by atoms with Gasteiger partial charge >= 0.3 is 0 Å². The molecule has 1 amide bonds. The van der Waals surface area contributed by atoms with Crippen LogP contribution in [0.2, 0.25) is 5.02 Å². The number of hydrogen-bond acceptors (Lipinski definition) is 5. The Kier molecular flexibility index (Phi) is 6.26. The van der Waals surface area contributed by atoms with E-state index in [1.54, 1.807) is 25.1 Å². The minimum Gasteiger partial charge on any atom is -0.493 e. The van der Waals surface area contributed by atoms with E-state index in [-0.39, 0.29) is 5.91 Å². The lowest BCUT2D eigenvalue weighted by molar-refractivity contribution is 0.0953. The van der Waals surface area contributed by atoms with Gasteiger partial charge in [-0.25, -0.2) is 5.43 Å². The summed E-state index contributed by atoms with van der Waals surface area (Å²) >= 11 is 6.23. The highest BCUT2D eigenvalue weighted by molar-refractivity contribution is 6.32. The van der Waals surface area contributed by atoms with Crippen molar-refractivity contribution in [2.75, 3.05) is 13.7 Å². The summed E-state index contributed by atoms with van der Waals surface area (Å²) in [5, 5.41) is 4.34. The molecule has 0 aliphatic heterocycles. The third-order valence-corrected chi connectivity index (χ3v) is 3.47.